The molecule has 1 aromatic carbocycles. The Bertz CT molecular complexity index is 586. The van der Waals surface area contributed by atoms with E-state index in [-0.39, 0.29) is 18.4 Å². The number of nitrogens with one attached hydrogen (secondary N) is 3. The van der Waals surface area contributed by atoms with Crippen LogP contribution in [0.15, 0.2) is 18.2 Å². The lowest BCUT2D eigenvalue weighted by Crippen LogP contribution is -2.36. The molecule has 0 aliphatic carbocycles. The monoisotopic (exact) mass is 351 g/mol. The van der Waals surface area contributed by atoms with Crippen LogP contribution in [-0.4, -0.2) is 31.4 Å². The van der Waals surface area contributed by atoms with Crippen molar-refractivity contribution in [1.29, 1.82) is 0 Å². The van der Waals surface area contributed by atoms with Crippen molar-refractivity contribution >= 4 is 29.1 Å². The van der Waals surface area contributed by atoms with Crippen LogP contribution in [0.3, 0.4) is 0 Å². The van der Waals surface area contributed by atoms with Crippen LogP contribution in [0.1, 0.15) is 31.7 Å². The third-order valence-corrected chi connectivity index (χ3v) is 4.85. The Balaban J connectivity index is 1.73. The van der Waals surface area contributed by atoms with Gasteiger partial charge in [-0.05, 0) is 62.4 Å². The minimum Gasteiger partial charge on any atom is -0.347 e. The molecule has 0 spiro atoms. The van der Waals surface area contributed by atoms with E-state index in [9.17, 15) is 9.59 Å². The number of hydrogen-bond acceptors (Lipinski definition) is 3. The van der Waals surface area contributed by atoms with E-state index in [0.717, 1.165) is 31.5 Å². The molecule has 5 nitrogen and oxygen atoms in total. The van der Waals surface area contributed by atoms with Gasteiger partial charge < -0.3 is 16.0 Å². The van der Waals surface area contributed by atoms with E-state index in [1.165, 1.54) is 0 Å². The average molecular weight is 352 g/mol. The number of benzene rings is 1. The Morgan fingerprint density at radius 3 is 2.67 bits per heavy atom. The summed E-state index contributed by atoms with van der Waals surface area (Å²) in [7, 11) is 0. The SMILES string of the molecule is Cc1ccc(NC(=O)CNC(=O)CC(C)C2CCNCC2)c(Cl)c1. The molecule has 2 amide bonds. The van der Waals surface area contributed by atoms with Gasteiger partial charge in [0, 0.05) is 6.42 Å². The van der Waals surface area contributed by atoms with Gasteiger partial charge in [-0.15, -0.1) is 0 Å². The minimum atomic E-state index is -0.274. The van der Waals surface area contributed by atoms with Gasteiger partial charge in [0.2, 0.25) is 11.8 Å². The minimum absolute atomic E-state index is 0.0397. The van der Waals surface area contributed by atoms with Gasteiger partial charge in [0.15, 0.2) is 0 Å². The molecule has 0 bridgehead atoms. The summed E-state index contributed by atoms with van der Waals surface area (Å²) < 4.78 is 0. The number of halogens is 1. The molecule has 1 heterocycles. The molecule has 6 heteroatoms. The highest BCUT2D eigenvalue weighted by Gasteiger charge is 2.22. The number of aryl methyl sites for hydroxylation is 1. The highest BCUT2D eigenvalue weighted by molar-refractivity contribution is 6.33. The van der Waals surface area contributed by atoms with Crippen LogP contribution in [0, 0.1) is 18.8 Å². The third kappa shape index (κ3) is 5.80. The molecule has 1 saturated heterocycles. The van der Waals surface area contributed by atoms with Crippen LogP contribution >= 0.6 is 11.6 Å². The first-order valence-corrected chi connectivity index (χ1v) is 8.87. The van der Waals surface area contributed by atoms with Crippen molar-refractivity contribution in [3.8, 4) is 0 Å². The number of carbonyl (C=O) groups excluding carboxylic acids is 2. The summed E-state index contributed by atoms with van der Waals surface area (Å²) in [5.74, 6) is 0.564. The summed E-state index contributed by atoms with van der Waals surface area (Å²) in [6.45, 7) is 6.05. The van der Waals surface area contributed by atoms with E-state index in [1.54, 1.807) is 12.1 Å². The molecule has 132 valence electrons. The summed E-state index contributed by atoms with van der Waals surface area (Å²) in [5.41, 5.74) is 1.59. The summed E-state index contributed by atoms with van der Waals surface area (Å²) in [5, 5.41) is 9.23. The van der Waals surface area contributed by atoms with Crippen molar-refractivity contribution in [1.82, 2.24) is 10.6 Å². The molecular formula is C18H26ClN3O2. The molecule has 1 aromatic rings. The van der Waals surface area contributed by atoms with Crippen molar-refractivity contribution in [3.63, 3.8) is 0 Å². The molecule has 3 N–H and O–H groups in total. The molecule has 1 atom stereocenters. The van der Waals surface area contributed by atoms with Gasteiger partial charge in [-0.25, -0.2) is 0 Å². The first-order chi connectivity index (χ1) is 11.5. The van der Waals surface area contributed by atoms with Crippen molar-refractivity contribution in [2.75, 3.05) is 25.0 Å². The molecule has 1 unspecified atom stereocenters. The van der Waals surface area contributed by atoms with Crippen molar-refractivity contribution < 1.29 is 9.59 Å². The Morgan fingerprint density at radius 2 is 2.00 bits per heavy atom. The molecular weight excluding hydrogens is 326 g/mol. The van der Waals surface area contributed by atoms with Gasteiger partial charge >= 0.3 is 0 Å². The smallest absolute Gasteiger partial charge is 0.243 e. The zero-order valence-corrected chi connectivity index (χ0v) is 15.1. The fourth-order valence-corrected chi connectivity index (χ4v) is 3.32. The summed E-state index contributed by atoms with van der Waals surface area (Å²) >= 11 is 6.08. The van der Waals surface area contributed by atoms with Crippen LogP contribution in [-0.2, 0) is 9.59 Å². The molecule has 0 aromatic heterocycles. The van der Waals surface area contributed by atoms with Crippen molar-refractivity contribution in [2.45, 2.75) is 33.1 Å². The second-order valence-corrected chi connectivity index (χ2v) is 6.98. The standard InChI is InChI=1S/C18H26ClN3O2/c1-12-3-4-16(15(19)9-12)22-18(24)11-21-17(23)10-13(2)14-5-7-20-8-6-14/h3-4,9,13-14,20H,5-8,10-11H2,1-2H3,(H,21,23)(H,22,24). The second kappa shape index (κ2) is 9.04. The van der Waals surface area contributed by atoms with E-state index < -0.39 is 0 Å². The molecule has 1 aliphatic rings. The first kappa shape index (κ1) is 18.7. The van der Waals surface area contributed by atoms with Crippen LogP contribution in [0.5, 0.6) is 0 Å². The van der Waals surface area contributed by atoms with Crippen LogP contribution in [0.25, 0.3) is 0 Å². The Hall–Kier alpha value is -1.59. The highest BCUT2D eigenvalue weighted by Crippen LogP contribution is 2.24. The largest absolute Gasteiger partial charge is 0.347 e. The van der Waals surface area contributed by atoms with Gasteiger partial charge in [-0.1, -0.05) is 24.6 Å². The molecule has 1 aliphatic heterocycles. The predicted molar refractivity (Wildman–Crippen MR) is 97.2 cm³/mol. The van der Waals surface area contributed by atoms with Crippen LogP contribution in [0.2, 0.25) is 5.02 Å². The number of carbonyl (C=O) groups is 2. The highest BCUT2D eigenvalue weighted by atomic mass is 35.5. The zero-order valence-electron chi connectivity index (χ0n) is 14.3. The van der Waals surface area contributed by atoms with Gasteiger partial charge in [0.05, 0.1) is 17.3 Å². The Kier molecular flexibility index (Phi) is 7.06. The van der Waals surface area contributed by atoms with Crippen molar-refractivity contribution in [2.24, 2.45) is 11.8 Å². The third-order valence-electron chi connectivity index (χ3n) is 4.54. The lowest BCUT2D eigenvalue weighted by molar-refractivity contribution is -0.125. The van der Waals surface area contributed by atoms with Crippen molar-refractivity contribution in [3.05, 3.63) is 28.8 Å². The van der Waals surface area contributed by atoms with E-state index in [4.69, 9.17) is 11.6 Å². The average Bonchev–Trinajstić information content (AvgIpc) is 2.56. The normalized spacial score (nSPS) is 16.5. The number of piperidine rings is 1. The molecule has 0 radical (unpaired) electrons. The van der Waals surface area contributed by atoms with Gasteiger partial charge in [0.1, 0.15) is 0 Å². The molecule has 2 rings (SSSR count). The maximum absolute atomic E-state index is 12.0. The number of rotatable bonds is 6. The zero-order chi connectivity index (χ0) is 17.5. The lowest BCUT2D eigenvalue weighted by atomic mass is 9.84. The summed E-state index contributed by atoms with van der Waals surface area (Å²) in [6, 6.07) is 5.42. The predicted octanol–water partition coefficient (Wildman–Crippen LogP) is 2.73. The lowest BCUT2D eigenvalue weighted by Gasteiger charge is -2.27. The van der Waals surface area contributed by atoms with Crippen LogP contribution in [0.4, 0.5) is 5.69 Å². The van der Waals surface area contributed by atoms with E-state index in [2.05, 4.69) is 22.9 Å². The maximum Gasteiger partial charge on any atom is 0.243 e. The topological polar surface area (TPSA) is 70.2 Å². The van der Waals surface area contributed by atoms with Gasteiger partial charge in [0.25, 0.3) is 0 Å². The van der Waals surface area contributed by atoms with Gasteiger partial charge in [-0.2, -0.15) is 0 Å². The first-order valence-electron chi connectivity index (χ1n) is 8.49. The fraction of sp³-hybridized carbons (Fsp3) is 0.556. The molecule has 1 fully saturated rings. The fourth-order valence-electron chi connectivity index (χ4n) is 3.04. The van der Waals surface area contributed by atoms with E-state index in [1.807, 2.05) is 13.0 Å². The van der Waals surface area contributed by atoms with E-state index in [0.29, 0.717) is 29.0 Å². The van der Waals surface area contributed by atoms with Gasteiger partial charge in [-0.3, -0.25) is 9.59 Å². The summed E-state index contributed by atoms with van der Waals surface area (Å²) in [4.78, 5) is 24.0. The van der Waals surface area contributed by atoms with E-state index >= 15 is 0 Å². The molecule has 0 saturated carbocycles. The number of amides is 2. The second-order valence-electron chi connectivity index (χ2n) is 6.58. The van der Waals surface area contributed by atoms with Crippen LogP contribution < -0.4 is 16.0 Å². The summed E-state index contributed by atoms with van der Waals surface area (Å²) in [6.07, 6.45) is 2.69. The number of hydrogen-bond donors (Lipinski definition) is 3. The number of anilines is 1. The Labute approximate surface area is 148 Å². The molecule has 24 heavy (non-hydrogen) atoms. The maximum atomic E-state index is 12.0. The quantitative estimate of drug-likeness (QED) is 0.738. The Morgan fingerprint density at radius 1 is 1.29 bits per heavy atom.